The predicted molar refractivity (Wildman–Crippen MR) is 64.1 cm³/mol. The third kappa shape index (κ3) is 4.34. The van der Waals surface area contributed by atoms with Crippen molar-refractivity contribution in [2.75, 3.05) is 13.1 Å². The first kappa shape index (κ1) is 14.6. The standard InChI is InChI=1S/C11H12FN3O4/c1-7(16)13-4-5-14-11(17)9-6-8(15(18)19)2-3-10(9)12/h2-3,6H,4-5H2,1H3,(H,13,16)(H,14,17). The Hall–Kier alpha value is -2.51. The lowest BCUT2D eigenvalue weighted by molar-refractivity contribution is -0.384. The molecule has 0 unspecified atom stereocenters. The van der Waals surface area contributed by atoms with Crippen LogP contribution in [0.1, 0.15) is 17.3 Å². The van der Waals surface area contributed by atoms with Gasteiger partial charge in [0.25, 0.3) is 11.6 Å². The van der Waals surface area contributed by atoms with Crippen molar-refractivity contribution in [3.8, 4) is 0 Å². The lowest BCUT2D eigenvalue weighted by atomic mass is 10.1. The number of rotatable bonds is 5. The van der Waals surface area contributed by atoms with Gasteiger partial charge in [-0.3, -0.25) is 19.7 Å². The van der Waals surface area contributed by atoms with Gasteiger partial charge >= 0.3 is 0 Å². The average molecular weight is 269 g/mol. The maximum absolute atomic E-state index is 13.4. The summed E-state index contributed by atoms with van der Waals surface area (Å²) in [6, 6.07) is 2.70. The maximum Gasteiger partial charge on any atom is 0.270 e. The lowest BCUT2D eigenvalue weighted by Crippen LogP contribution is -2.34. The highest BCUT2D eigenvalue weighted by molar-refractivity contribution is 5.95. The number of nitrogens with zero attached hydrogens (tertiary/aromatic N) is 1. The Morgan fingerprint density at radius 3 is 2.53 bits per heavy atom. The highest BCUT2D eigenvalue weighted by Crippen LogP contribution is 2.16. The number of hydrogen-bond donors (Lipinski definition) is 2. The fraction of sp³-hybridized carbons (Fsp3) is 0.273. The van der Waals surface area contributed by atoms with Crippen LogP contribution in [0.4, 0.5) is 10.1 Å². The van der Waals surface area contributed by atoms with E-state index in [1.165, 1.54) is 6.92 Å². The fourth-order valence-electron chi connectivity index (χ4n) is 1.31. The van der Waals surface area contributed by atoms with Crippen molar-refractivity contribution in [1.29, 1.82) is 0 Å². The monoisotopic (exact) mass is 269 g/mol. The molecule has 0 saturated carbocycles. The molecule has 0 bridgehead atoms. The molecule has 0 aliphatic heterocycles. The van der Waals surface area contributed by atoms with Crippen LogP contribution >= 0.6 is 0 Å². The van der Waals surface area contributed by atoms with Gasteiger partial charge in [0.2, 0.25) is 5.91 Å². The quantitative estimate of drug-likeness (QED) is 0.464. The van der Waals surface area contributed by atoms with E-state index in [1.807, 2.05) is 0 Å². The zero-order valence-corrected chi connectivity index (χ0v) is 10.1. The smallest absolute Gasteiger partial charge is 0.270 e. The van der Waals surface area contributed by atoms with Crippen molar-refractivity contribution in [3.63, 3.8) is 0 Å². The van der Waals surface area contributed by atoms with Gasteiger partial charge in [0.05, 0.1) is 10.5 Å². The number of carbonyl (C=O) groups is 2. The van der Waals surface area contributed by atoms with Crippen LogP contribution in [0.15, 0.2) is 18.2 Å². The van der Waals surface area contributed by atoms with Gasteiger partial charge in [-0.25, -0.2) is 4.39 Å². The van der Waals surface area contributed by atoms with E-state index in [0.717, 1.165) is 18.2 Å². The zero-order valence-electron chi connectivity index (χ0n) is 10.1. The Balaban J connectivity index is 2.68. The molecule has 102 valence electrons. The Morgan fingerprint density at radius 2 is 1.95 bits per heavy atom. The van der Waals surface area contributed by atoms with Gasteiger partial charge in [-0.15, -0.1) is 0 Å². The minimum atomic E-state index is -0.845. The van der Waals surface area contributed by atoms with E-state index in [1.54, 1.807) is 0 Å². The highest BCUT2D eigenvalue weighted by Gasteiger charge is 2.16. The van der Waals surface area contributed by atoms with Crippen molar-refractivity contribution in [1.82, 2.24) is 10.6 Å². The van der Waals surface area contributed by atoms with Crippen LogP contribution in [0.5, 0.6) is 0 Å². The summed E-state index contributed by atoms with van der Waals surface area (Å²) in [7, 11) is 0. The molecule has 0 saturated heterocycles. The van der Waals surface area contributed by atoms with Crippen molar-refractivity contribution < 1.29 is 18.9 Å². The molecular weight excluding hydrogens is 257 g/mol. The molecule has 1 rings (SSSR count). The van der Waals surface area contributed by atoms with Crippen LogP contribution in [0.2, 0.25) is 0 Å². The number of benzene rings is 1. The zero-order chi connectivity index (χ0) is 14.4. The van der Waals surface area contributed by atoms with Gasteiger partial charge in [0.15, 0.2) is 0 Å². The molecule has 7 nitrogen and oxygen atoms in total. The maximum atomic E-state index is 13.4. The second-order valence-electron chi connectivity index (χ2n) is 3.66. The van der Waals surface area contributed by atoms with Crippen LogP contribution in [0.25, 0.3) is 0 Å². The molecule has 8 heteroatoms. The summed E-state index contributed by atoms with van der Waals surface area (Å²) >= 11 is 0. The predicted octanol–water partition coefficient (Wildman–Crippen LogP) is 0.600. The molecule has 19 heavy (non-hydrogen) atoms. The van der Waals surface area contributed by atoms with E-state index < -0.39 is 22.2 Å². The van der Waals surface area contributed by atoms with Crippen molar-refractivity contribution in [2.45, 2.75) is 6.92 Å². The minimum absolute atomic E-state index is 0.0978. The Morgan fingerprint density at radius 1 is 1.32 bits per heavy atom. The highest BCUT2D eigenvalue weighted by atomic mass is 19.1. The Labute approximate surface area is 107 Å². The van der Waals surface area contributed by atoms with Crippen LogP contribution in [-0.4, -0.2) is 29.8 Å². The number of nitro benzene ring substituents is 1. The van der Waals surface area contributed by atoms with Crippen LogP contribution in [-0.2, 0) is 4.79 Å². The van der Waals surface area contributed by atoms with E-state index in [0.29, 0.717) is 0 Å². The normalized spacial score (nSPS) is 9.79. The first-order chi connectivity index (χ1) is 8.91. The summed E-state index contributed by atoms with van der Waals surface area (Å²) in [5.41, 5.74) is -0.773. The molecular formula is C11H12FN3O4. The van der Waals surface area contributed by atoms with E-state index in [4.69, 9.17) is 0 Å². The molecule has 2 N–H and O–H groups in total. The summed E-state index contributed by atoms with van der Waals surface area (Å²) in [5.74, 6) is -1.87. The van der Waals surface area contributed by atoms with Gasteiger partial charge in [-0.1, -0.05) is 0 Å². The second kappa shape index (κ2) is 6.43. The van der Waals surface area contributed by atoms with E-state index >= 15 is 0 Å². The molecule has 0 aliphatic rings. The van der Waals surface area contributed by atoms with E-state index in [-0.39, 0.29) is 24.7 Å². The molecule has 0 spiro atoms. The number of halogens is 1. The number of carbonyl (C=O) groups excluding carboxylic acids is 2. The molecule has 0 heterocycles. The largest absolute Gasteiger partial charge is 0.355 e. The lowest BCUT2D eigenvalue weighted by Gasteiger charge is -2.06. The second-order valence-corrected chi connectivity index (χ2v) is 3.66. The number of amides is 2. The van der Waals surface area contributed by atoms with E-state index in [2.05, 4.69) is 10.6 Å². The van der Waals surface area contributed by atoms with Crippen molar-refractivity contribution >= 4 is 17.5 Å². The van der Waals surface area contributed by atoms with Gasteiger partial charge < -0.3 is 10.6 Å². The van der Waals surface area contributed by atoms with Crippen LogP contribution < -0.4 is 10.6 Å². The topological polar surface area (TPSA) is 101 Å². The third-order valence-corrected chi connectivity index (χ3v) is 2.19. The first-order valence-electron chi connectivity index (χ1n) is 5.38. The number of nitrogens with one attached hydrogen (secondary N) is 2. The Bertz CT molecular complexity index is 519. The molecule has 2 amide bonds. The molecule has 0 atom stereocenters. The molecule has 0 aliphatic carbocycles. The van der Waals surface area contributed by atoms with Crippen molar-refractivity contribution in [2.24, 2.45) is 0 Å². The summed E-state index contributed by atoms with van der Waals surface area (Å²) in [6.07, 6.45) is 0. The number of non-ortho nitro benzene ring substituents is 1. The summed E-state index contributed by atoms with van der Waals surface area (Å²) in [5, 5.41) is 15.3. The average Bonchev–Trinajstić information content (AvgIpc) is 2.34. The molecule has 1 aromatic carbocycles. The van der Waals surface area contributed by atoms with Gasteiger partial charge in [0, 0.05) is 32.1 Å². The van der Waals surface area contributed by atoms with E-state index in [9.17, 15) is 24.1 Å². The fourth-order valence-corrected chi connectivity index (χ4v) is 1.31. The number of hydrogen-bond acceptors (Lipinski definition) is 4. The van der Waals surface area contributed by atoms with Crippen molar-refractivity contribution in [3.05, 3.63) is 39.7 Å². The molecule has 0 fully saturated rings. The molecule has 0 radical (unpaired) electrons. The summed E-state index contributed by atoms with van der Waals surface area (Å²) in [4.78, 5) is 32.0. The van der Waals surface area contributed by atoms with Crippen LogP contribution in [0, 0.1) is 15.9 Å². The number of nitro groups is 1. The molecule has 0 aromatic heterocycles. The minimum Gasteiger partial charge on any atom is -0.355 e. The van der Waals surface area contributed by atoms with Gasteiger partial charge in [-0.05, 0) is 6.07 Å². The van der Waals surface area contributed by atoms with Crippen LogP contribution in [0.3, 0.4) is 0 Å². The summed E-state index contributed by atoms with van der Waals surface area (Å²) < 4.78 is 13.4. The van der Waals surface area contributed by atoms with Gasteiger partial charge in [0.1, 0.15) is 5.82 Å². The van der Waals surface area contributed by atoms with Gasteiger partial charge in [-0.2, -0.15) is 0 Å². The SMILES string of the molecule is CC(=O)NCCNC(=O)c1cc([N+](=O)[O-])ccc1F. The Kier molecular flexibility index (Phi) is 4.92. The first-order valence-corrected chi connectivity index (χ1v) is 5.38. The molecule has 1 aromatic rings. The third-order valence-electron chi connectivity index (χ3n) is 2.19. The summed E-state index contributed by atoms with van der Waals surface area (Å²) in [6.45, 7) is 1.61.